The molecule has 0 aromatic rings. The van der Waals surface area contributed by atoms with Gasteiger partial charge in [-0.15, -0.1) is 0 Å². The monoisotopic (exact) mass is 227 g/mol. The van der Waals surface area contributed by atoms with Gasteiger partial charge in [-0.2, -0.15) is 0 Å². The van der Waals surface area contributed by atoms with Gasteiger partial charge in [-0.3, -0.25) is 9.59 Å². The molecule has 0 saturated heterocycles. The van der Waals surface area contributed by atoms with E-state index in [1.165, 1.54) is 0 Å². The van der Waals surface area contributed by atoms with Crippen LogP contribution in [0, 0.1) is 17.8 Å². The van der Waals surface area contributed by atoms with E-state index in [1.54, 1.807) is 4.90 Å². The van der Waals surface area contributed by atoms with Crippen molar-refractivity contribution in [2.24, 2.45) is 17.8 Å². The fourth-order valence-corrected chi connectivity index (χ4v) is 2.14. The van der Waals surface area contributed by atoms with Crippen LogP contribution in [0.15, 0.2) is 0 Å². The Balaban J connectivity index is 2.58. The quantitative estimate of drug-likeness (QED) is 0.776. The number of carboxylic acid groups (broad SMARTS) is 1. The SMILES string of the molecule is CCN(CC(C)C)C(=O)C1CCC1C(=O)O. The lowest BCUT2D eigenvalue weighted by Crippen LogP contribution is -2.47. The molecule has 0 aliphatic heterocycles. The van der Waals surface area contributed by atoms with Crippen molar-refractivity contribution in [3.8, 4) is 0 Å². The number of rotatable bonds is 5. The van der Waals surface area contributed by atoms with Crippen molar-refractivity contribution in [3.05, 3.63) is 0 Å². The molecule has 4 heteroatoms. The second-order valence-corrected chi connectivity index (χ2v) is 4.90. The highest BCUT2D eigenvalue weighted by Gasteiger charge is 2.42. The molecule has 1 saturated carbocycles. The Morgan fingerprint density at radius 1 is 1.31 bits per heavy atom. The third kappa shape index (κ3) is 2.74. The number of carboxylic acids is 1. The minimum absolute atomic E-state index is 0.0230. The van der Waals surface area contributed by atoms with Gasteiger partial charge in [-0.05, 0) is 25.7 Å². The molecule has 0 radical (unpaired) electrons. The average Bonchev–Trinajstić information content (AvgIpc) is 2.10. The van der Waals surface area contributed by atoms with Crippen LogP contribution in [-0.2, 0) is 9.59 Å². The average molecular weight is 227 g/mol. The molecular weight excluding hydrogens is 206 g/mol. The molecule has 1 rings (SSSR count). The van der Waals surface area contributed by atoms with Crippen molar-refractivity contribution in [3.63, 3.8) is 0 Å². The van der Waals surface area contributed by atoms with Crippen molar-refractivity contribution < 1.29 is 14.7 Å². The molecule has 1 N–H and O–H groups in total. The molecule has 1 fully saturated rings. The summed E-state index contributed by atoms with van der Waals surface area (Å²) in [5, 5.41) is 8.92. The summed E-state index contributed by atoms with van der Waals surface area (Å²) >= 11 is 0. The van der Waals surface area contributed by atoms with Gasteiger partial charge in [-0.25, -0.2) is 0 Å². The fourth-order valence-electron chi connectivity index (χ4n) is 2.14. The van der Waals surface area contributed by atoms with Gasteiger partial charge in [-0.1, -0.05) is 13.8 Å². The highest BCUT2D eigenvalue weighted by molar-refractivity contribution is 5.86. The standard InChI is InChI=1S/C12H21NO3/c1-4-13(7-8(2)3)11(14)9-5-6-10(9)12(15)16/h8-10H,4-7H2,1-3H3,(H,15,16). The summed E-state index contributed by atoms with van der Waals surface area (Å²) in [5.41, 5.74) is 0. The van der Waals surface area contributed by atoms with Gasteiger partial charge >= 0.3 is 5.97 Å². The highest BCUT2D eigenvalue weighted by atomic mass is 16.4. The predicted octanol–water partition coefficient (Wildman–Crippen LogP) is 1.60. The van der Waals surface area contributed by atoms with E-state index in [9.17, 15) is 9.59 Å². The summed E-state index contributed by atoms with van der Waals surface area (Å²) in [7, 11) is 0. The smallest absolute Gasteiger partial charge is 0.307 e. The number of amides is 1. The summed E-state index contributed by atoms with van der Waals surface area (Å²) < 4.78 is 0. The van der Waals surface area contributed by atoms with Gasteiger partial charge in [0.05, 0.1) is 11.8 Å². The Bertz CT molecular complexity index is 275. The Morgan fingerprint density at radius 3 is 2.19 bits per heavy atom. The first-order valence-electron chi connectivity index (χ1n) is 5.99. The minimum atomic E-state index is -0.829. The lowest BCUT2D eigenvalue weighted by Gasteiger charge is -2.36. The zero-order valence-corrected chi connectivity index (χ0v) is 10.3. The van der Waals surface area contributed by atoms with E-state index in [1.807, 2.05) is 6.92 Å². The number of carbonyl (C=O) groups excluding carboxylic acids is 1. The van der Waals surface area contributed by atoms with Gasteiger partial charge in [0.15, 0.2) is 0 Å². The molecule has 92 valence electrons. The van der Waals surface area contributed by atoms with E-state index in [2.05, 4.69) is 13.8 Å². The summed E-state index contributed by atoms with van der Waals surface area (Å²) in [6, 6.07) is 0. The van der Waals surface area contributed by atoms with Crippen LogP contribution in [0.3, 0.4) is 0 Å². The lowest BCUT2D eigenvalue weighted by molar-refractivity contribution is -0.156. The van der Waals surface area contributed by atoms with E-state index in [4.69, 9.17) is 5.11 Å². The van der Waals surface area contributed by atoms with Crippen LogP contribution in [0.5, 0.6) is 0 Å². The van der Waals surface area contributed by atoms with Crippen LogP contribution < -0.4 is 0 Å². The van der Waals surface area contributed by atoms with Gasteiger partial charge < -0.3 is 10.0 Å². The Kier molecular flexibility index (Phi) is 4.33. The molecule has 0 aromatic heterocycles. The first kappa shape index (κ1) is 13.0. The zero-order chi connectivity index (χ0) is 12.3. The zero-order valence-electron chi connectivity index (χ0n) is 10.3. The van der Waals surface area contributed by atoms with E-state index in [-0.39, 0.29) is 11.8 Å². The molecule has 0 bridgehead atoms. The maximum atomic E-state index is 12.1. The van der Waals surface area contributed by atoms with Crippen molar-refractivity contribution in [1.29, 1.82) is 0 Å². The first-order valence-corrected chi connectivity index (χ1v) is 5.99. The van der Waals surface area contributed by atoms with Gasteiger partial charge in [0, 0.05) is 13.1 Å². The van der Waals surface area contributed by atoms with Crippen LogP contribution in [0.1, 0.15) is 33.6 Å². The first-order chi connectivity index (χ1) is 7.47. The lowest BCUT2D eigenvalue weighted by atomic mass is 9.73. The number of hydrogen-bond donors (Lipinski definition) is 1. The Labute approximate surface area is 96.6 Å². The number of nitrogens with zero attached hydrogens (tertiary/aromatic N) is 1. The fraction of sp³-hybridized carbons (Fsp3) is 0.833. The van der Waals surface area contributed by atoms with Gasteiger partial charge in [0.25, 0.3) is 0 Å². The molecule has 4 nitrogen and oxygen atoms in total. The second kappa shape index (κ2) is 5.32. The number of carbonyl (C=O) groups is 2. The normalized spacial score (nSPS) is 24.0. The third-order valence-corrected chi connectivity index (χ3v) is 3.19. The molecular formula is C12H21NO3. The molecule has 0 spiro atoms. The summed E-state index contributed by atoms with van der Waals surface area (Å²) in [4.78, 5) is 24.7. The molecule has 1 aliphatic rings. The molecule has 0 heterocycles. The number of hydrogen-bond acceptors (Lipinski definition) is 2. The minimum Gasteiger partial charge on any atom is -0.481 e. The van der Waals surface area contributed by atoms with E-state index < -0.39 is 11.9 Å². The molecule has 1 amide bonds. The van der Waals surface area contributed by atoms with Crippen LogP contribution in [0.4, 0.5) is 0 Å². The van der Waals surface area contributed by atoms with E-state index >= 15 is 0 Å². The highest BCUT2D eigenvalue weighted by Crippen LogP contribution is 2.35. The summed E-state index contributed by atoms with van der Waals surface area (Å²) in [6.07, 6.45) is 1.37. The molecule has 0 aromatic carbocycles. The largest absolute Gasteiger partial charge is 0.481 e. The second-order valence-electron chi connectivity index (χ2n) is 4.90. The predicted molar refractivity (Wildman–Crippen MR) is 60.9 cm³/mol. The van der Waals surface area contributed by atoms with Gasteiger partial charge in [0.2, 0.25) is 5.91 Å². The molecule has 1 aliphatic carbocycles. The van der Waals surface area contributed by atoms with Gasteiger partial charge in [0.1, 0.15) is 0 Å². The topological polar surface area (TPSA) is 57.6 Å². The summed E-state index contributed by atoms with van der Waals surface area (Å²) in [5.74, 6) is -1.11. The Hall–Kier alpha value is -1.06. The maximum absolute atomic E-state index is 12.1. The molecule has 2 atom stereocenters. The van der Waals surface area contributed by atoms with E-state index in [0.717, 1.165) is 13.0 Å². The van der Waals surface area contributed by atoms with E-state index in [0.29, 0.717) is 18.9 Å². The van der Waals surface area contributed by atoms with Crippen molar-refractivity contribution >= 4 is 11.9 Å². The van der Waals surface area contributed by atoms with Crippen LogP contribution >= 0.6 is 0 Å². The molecule has 16 heavy (non-hydrogen) atoms. The molecule has 2 unspecified atom stereocenters. The van der Waals surface area contributed by atoms with Crippen molar-refractivity contribution in [2.75, 3.05) is 13.1 Å². The van der Waals surface area contributed by atoms with Crippen molar-refractivity contribution in [2.45, 2.75) is 33.6 Å². The number of aliphatic carboxylic acids is 1. The third-order valence-electron chi connectivity index (χ3n) is 3.19. The Morgan fingerprint density at radius 2 is 1.88 bits per heavy atom. The maximum Gasteiger partial charge on any atom is 0.307 e. The van der Waals surface area contributed by atoms with Crippen LogP contribution in [-0.4, -0.2) is 35.0 Å². The van der Waals surface area contributed by atoms with Crippen molar-refractivity contribution in [1.82, 2.24) is 4.90 Å². The van der Waals surface area contributed by atoms with Crippen LogP contribution in [0.25, 0.3) is 0 Å². The van der Waals surface area contributed by atoms with Crippen LogP contribution in [0.2, 0.25) is 0 Å². The summed E-state index contributed by atoms with van der Waals surface area (Å²) in [6.45, 7) is 7.45.